The maximum atomic E-state index is 13.8. The van der Waals surface area contributed by atoms with Crippen LogP contribution in [0.5, 0.6) is 0 Å². The van der Waals surface area contributed by atoms with Crippen molar-refractivity contribution in [3.63, 3.8) is 0 Å². The third-order valence-corrected chi connectivity index (χ3v) is 3.98. The van der Waals surface area contributed by atoms with Gasteiger partial charge in [-0.1, -0.05) is 12.1 Å². The predicted octanol–water partition coefficient (Wildman–Crippen LogP) is 2.73. The number of nitrogens with one attached hydrogen (secondary N) is 1. The Hall–Kier alpha value is -3.29. The fraction of sp³-hybridized carbons (Fsp3) is 0.176. The fourth-order valence-corrected chi connectivity index (χ4v) is 2.70. The molecule has 1 atom stereocenters. The maximum Gasteiger partial charge on any atom is 0.269 e. The Labute approximate surface area is 142 Å². The summed E-state index contributed by atoms with van der Waals surface area (Å²) in [5.74, 6) is -1.86. The molecule has 0 aromatic heterocycles. The minimum Gasteiger partial charge on any atom is -0.326 e. The number of carbonyl (C=O) groups is 2. The smallest absolute Gasteiger partial charge is 0.269 e. The van der Waals surface area contributed by atoms with Crippen LogP contribution in [0.3, 0.4) is 0 Å². The number of nitro benzene ring substituents is 1. The quantitative estimate of drug-likeness (QED) is 0.682. The van der Waals surface area contributed by atoms with Gasteiger partial charge in [0.25, 0.3) is 5.69 Å². The van der Waals surface area contributed by atoms with Crippen LogP contribution in [0, 0.1) is 21.8 Å². The number of non-ortho nitro benzene ring substituents is 1. The van der Waals surface area contributed by atoms with Crippen molar-refractivity contribution < 1.29 is 18.9 Å². The van der Waals surface area contributed by atoms with Crippen LogP contribution in [0.2, 0.25) is 0 Å². The van der Waals surface area contributed by atoms with Gasteiger partial charge in [-0.15, -0.1) is 0 Å². The molecule has 0 radical (unpaired) electrons. The molecule has 128 valence electrons. The molecule has 1 fully saturated rings. The summed E-state index contributed by atoms with van der Waals surface area (Å²) in [5, 5.41) is 13.2. The topological polar surface area (TPSA) is 92.5 Å². The van der Waals surface area contributed by atoms with E-state index in [0.717, 1.165) is 0 Å². The minimum absolute atomic E-state index is 0.0207. The van der Waals surface area contributed by atoms with Crippen molar-refractivity contribution in [1.29, 1.82) is 0 Å². The lowest BCUT2D eigenvalue weighted by Crippen LogP contribution is -2.28. The van der Waals surface area contributed by atoms with E-state index in [1.54, 1.807) is 6.07 Å². The molecule has 0 aliphatic carbocycles. The first kappa shape index (κ1) is 16.6. The van der Waals surface area contributed by atoms with Gasteiger partial charge in [0.15, 0.2) is 0 Å². The molecule has 8 heteroatoms. The Morgan fingerprint density at radius 2 is 1.88 bits per heavy atom. The lowest BCUT2D eigenvalue weighted by Gasteiger charge is -2.17. The molecule has 2 aromatic rings. The molecule has 0 unspecified atom stereocenters. The van der Waals surface area contributed by atoms with Crippen molar-refractivity contribution in [3.8, 4) is 0 Å². The van der Waals surface area contributed by atoms with Gasteiger partial charge in [0.05, 0.1) is 16.5 Å². The number of benzene rings is 2. The number of nitrogens with zero attached hydrogens (tertiary/aromatic N) is 2. The molecule has 0 spiro atoms. The van der Waals surface area contributed by atoms with Gasteiger partial charge in [0.2, 0.25) is 11.8 Å². The largest absolute Gasteiger partial charge is 0.326 e. The number of para-hydroxylation sites is 1. The number of carbonyl (C=O) groups excluding carboxylic acids is 2. The zero-order chi connectivity index (χ0) is 18.0. The van der Waals surface area contributed by atoms with Gasteiger partial charge in [0.1, 0.15) is 5.82 Å². The average Bonchev–Trinajstić information content (AvgIpc) is 2.97. The highest BCUT2D eigenvalue weighted by molar-refractivity contribution is 6.03. The molecule has 1 aliphatic heterocycles. The van der Waals surface area contributed by atoms with Gasteiger partial charge >= 0.3 is 0 Å². The fourth-order valence-electron chi connectivity index (χ4n) is 2.70. The summed E-state index contributed by atoms with van der Waals surface area (Å²) in [6.07, 6.45) is -0.0207. The van der Waals surface area contributed by atoms with Gasteiger partial charge in [-0.3, -0.25) is 19.7 Å². The first-order valence-electron chi connectivity index (χ1n) is 7.56. The lowest BCUT2D eigenvalue weighted by atomic mass is 10.1. The van der Waals surface area contributed by atoms with Gasteiger partial charge in [-0.05, 0) is 24.3 Å². The van der Waals surface area contributed by atoms with Crippen molar-refractivity contribution in [2.24, 2.45) is 5.92 Å². The highest BCUT2D eigenvalue weighted by Gasteiger charge is 2.36. The molecule has 0 bridgehead atoms. The molecule has 2 amide bonds. The lowest BCUT2D eigenvalue weighted by molar-refractivity contribution is -0.384. The Morgan fingerprint density at radius 3 is 2.52 bits per heavy atom. The van der Waals surface area contributed by atoms with E-state index < -0.39 is 16.7 Å². The molecule has 1 saturated heterocycles. The van der Waals surface area contributed by atoms with Crippen LogP contribution in [0.15, 0.2) is 48.5 Å². The number of hydrogen-bond donors (Lipinski definition) is 1. The zero-order valence-corrected chi connectivity index (χ0v) is 13.0. The second kappa shape index (κ2) is 6.68. The zero-order valence-electron chi connectivity index (χ0n) is 13.0. The van der Waals surface area contributed by atoms with Crippen LogP contribution in [-0.4, -0.2) is 23.3 Å². The van der Waals surface area contributed by atoms with Crippen molar-refractivity contribution in [2.75, 3.05) is 16.8 Å². The van der Waals surface area contributed by atoms with Crippen LogP contribution in [0.25, 0.3) is 0 Å². The third-order valence-electron chi connectivity index (χ3n) is 3.98. The normalized spacial score (nSPS) is 16.8. The van der Waals surface area contributed by atoms with Crippen LogP contribution >= 0.6 is 0 Å². The van der Waals surface area contributed by atoms with Crippen LogP contribution in [-0.2, 0) is 9.59 Å². The number of amides is 2. The number of nitro groups is 1. The summed E-state index contributed by atoms with van der Waals surface area (Å²) in [6.45, 7) is 0.0819. The van der Waals surface area contributed by atoms with E-state index in [2.05, 4.69) is 5.32 Å². The molecule has 2 aromatic carbocycles. The maximum absolute atomic E-state index is 13.8. The summed E-state index contributed by atoms with van der Waals surface area (Å²) in [6, 6.07) is 11.3. The average molecular weight is 343 g/mol. The van der Waals surface area contributed by atoms with Gasteiger partial charge in [0, 0.05) is 30.8 Å². The molecule has 3 rings (SSSR count). The van der Waals surface area contributed by atoms with Crippen LogP contribution < -0.4 is 10.2 Å². The molecule has 1 N–H and O–H groups in total. The van der Waals surface area contributed by atoms with Crippen molar-refractivity contribution in [1.82, 2.24) is 0 Å². The van der Waals surface area contributed by atoms with Crippen LogP contribution in [0.1, 0.15) is 6.42 Å². The molecular weight excluding hydrogens is 329 g/mol. The first-order valence-corrected chi connectivity index (χ1v) is 7.56. The van der Waals surface area contributed by atoms with E-state index in [9.17, 15) is 24.1 Å². The van der Waals surface area contributed by atoms with Crippen molar-refractivity contribution >= 4 is 28.9 Å². The molecule has 1 heterocycles. The Balaban J connectivity index is 1.68. The second-order valence-electron chi connectivity index (χ2n) is 5.65. The second-order valence-corrected chi connectivity index (χ2v) is 5.65. The Bertz CT molecular complexity index is 838. The molecule has 7 nitrogen and oxygen atoms in total. The predicted molar refractivity (Wildman–Crippen MR) is 88.6 cm³/mol. The highest BCUT2D eigenvalue weighted by atomic mass is 19.1. The minimum atomic E-state index is -0.623. The molecule has 0 saturated carbocycles. The number of anilines is 2. The summed E-state index contributed by atoms with van der Waals surface area (Å²) in [5.41, 5.74) is 0.463. The van der Waals surface area contributed by atoms with E-state index >= 15 is 0 Å². The van der Waals surface area contributed by atoms with E-state index in [1.165, 1.54) is 47.4 Å². The number of rotatable bonds is 4. The SMILES string of the molecule is O=C(Nc1ccc([N+](=O)[O-])cc1)[C@@H]1CC(=O)N(c2ccccc2F)C1. The monoisotopic (exact) mass is 343 g/mol. The first-order chi connectivity index (χ1) is 12.0. The third kappa shape index (κ3) is 3.47. The molecule has 25 heavy (non-hydrogen) atoms. The van der Waals surface area contributed by atoms with E-state index in [1.807, 2.05) is 0 Å². The van der Waals surface area contributed by atoms with Gasteiger partial charge in [-0.2, -0.15) is 0 Å². The standard InChI is InChI=1S/C17H14FN3O4/c18-14-3-1-2-4-15(14)20-10-11(9-16(20)22)17(23)19-12-5-7-13(8-6-12)21(24)25/h1-8,11H,9-10H2,(H,19,23)/t11-/m1/s1. The van der Waals surface area contributed by atoms with Gasteiger partial charge < -0.3 is 10.2 Å². The summed E-state index contributed by atoms with van der Waals surface area (Å²) >= 11 is 0. The Morgan fingerprint density at radius 1 is 1.20 bits per heavy atom. The highest BCUT2D eigenvalue weighted by Crippen LogP contribution is 2.28. The summed E-state index contributed by atoms with van der Waals surface area (Å²) < 4.78 is 13.8. The summed E-state index contributed by atoms with van der Waals surface area (Å²) in [7, 11) is 0. The summed E-state index contributed by atoms with van der Waals surface area (Å²) in [4.78, 5) is 35.8. The van der Waals surface area contributed by atoms with Crippen molar-refractivity contribution in [2.45, 2.75) is 6.42 Å². The van der Waals surface area contributed by atoms with E-state index in [-0.39, 0.29) is 36.2 Å². The van der Waals surface area contributed by atoms with Crippen LogP contribution in [0.4, 0.5) is 21.5 Å². The number of halogens is 1. The molecule has 1 aliphatic rings. The van der Waals surface area contributed by atoms with Gasteiger partial charge in [-0.25, -0.2) is 4.39 Å². The number of hydrogen-bond acceptors (Lipinski definition) is 4. The van der Waals surface area contributed by atoms with Crippen molar-refractivity contribution in [3.05, 3.63) is 64.5 Å². The van der Waals surface area contributed by atoms with E-state index in [0.29, 0.717) is 5.69 Å². The van der Waals surface area contributed by atoms with E-state index in [4.69, 9.17) is 0 Å². The molecular formula is C17H14FN3O4. The Kier molecular flexibility index (Phi) is 4.42.